The fourth-order valence-electron chi connectivity index (χ4n) is 2.13. The highest BCUT2D eigenvalue weighted by molar-refractivity contribution is 5.69. The maximum atomic E-state index is 11.2. The number of hydrogen-bond donors (Lipinski definition) is 2. The molecule has 2 unspecified atom stereocenters. The van der Waals surface area contributed by atoms with Gasteiger partial charge < -0.3 is 15.2 Å². The van der Waals surface area contributed by atoms with Crippen LogP contribution in [0.25, 0.3) is 0 Å². The van der Waals surface area contributed by atoms with Gasteiger partial charge in [-0.3, -0.25) is 4.79 Å². The van der Waals surface area contributed by atoms with Crippen LogP contribution in [0.5, 0.6) is 0 Å². The molecule has 0 aromatic heterocycles. The summed E-state index contributed by atoms with van der Waals surface area (Å²) in [5.41, 5.74) is 3.07. The van der Waals surface area contributed by atoms with Crippen LogP contribution in [0, 0.1) is 13.8 Å². The number of aliphatic hydroxyl groups excluding tert-OH is 1. The van der Waals surface area contributed by atoms with E-state index in [1.54, 1.807) is 7.05 Å². The molecule has 0 spiro atoms. The molecule has 4 heteroatoms. The highest BCUT2D eigenvalue weighted by Crippen LogP contribution is 2.24. The highest BCUT2D eigenvalue weighted by Gasteiger charge is 2.21. The fraction of sp³-hybridized carbons (Fsp3) is 0.533. The highest BCUT2D eigenvalue weighted by atomic mass is 16.5. The standard InChI is InChI=1S/C15H23NO3/c1-10-5-6-11(2)12(9-10)15(18)13(16-3)7-8-14(17)19-4/h5-6,9,13,15-16,18H,7-8H2,1-4H3. The molecular weight excluding hydrogens is 242 g/mol. The van der Waals surface area contributed by atoms with Crippen LogP contribution >= 0.6 is 0 Å². The Morgan fingerprint density at radius 2 is 2.11 bits per heavy atom. The number of esters is 1. The molecule has 2 atom stereocenters. The Bertz CT molecular complexity index is 431. The van der Waals surface area contributed by atoms with Gasteiger partial charge in [0.05, 0.1) is 13.2 Å². The maximum absolute atomic E-state index is 11.2. The number of hydrogen-bond acceptors (Lipinski definition) is 4. The Hall–Kier alpha value is -1.39. The van der Waals surface area contributed by atoms with E-state index >= 15 is 0 Å². The predicted octanol–water partition coefficient (Wildman–Crippen LogP) is 1.88. The lowest BCUT2D eigenvalue weighted by Crippen LogP contribution is -2.33. The molecule has 19 heavy (non-hydrogen) atoms. The first-order chi connectivity index (χ1) is 8.99. The van der Waals surface area contributed by atoms with Gasteiger partial charge in [-0.25, -0.2) is 0 Å². The molecule has 0 aliphatic carbocycles. The van der Waals surface area contributed by atoms with Crippen molar-refractivity contribution in [2.75, 3.05) is 14.2 Å². The molecule has 0 bridgehead atoms. The largest absolute Gasteiger partial charge is 0.469 e. The Labute approximate surface area is 114 Å². The van der Waals surface area contributed by atoms with Gasteiger partial charge in [-0.05, 0) is 38.4 Å². The van der Waals surface area contributed by atoms with E-state index in [9.17, 15) is 9.90 Å². The van der Waals surface area contributed by atoms with Crippen molar-refractivity contribution in [2.24, 2.45) is 0 Å². The number of carbonyl (C=O) groups is 1. The summed E-state index contributed by atoms with van der Waals surface area (Å²) in [4.78, 5) is 11.2. The number of benzene rings is 1. The van der Waals surface area contributed by atoms with Crippen molar-refractivity contribution in [3.63, 3.8) is 0 Å². The van der Waals surface area contributed by atoms with Crippen molar-refractivity contribution >= 4 is 5.97 Å². The molecule has 1 rings (SSSR count). The first kappa shape index (κ1) is 15.7. The van der Waals surface area contributed by atoms with Gasteiger partial charge >= 0.3 is 5.97 Å². The smallest absolute Gasteiger partial charge is 0.305 e. The van der Waals surface area contributed by atoms with Crippen LogP contribution < -0.4 is 5.32 Å². The Kier molecular flexibility index (Phi) is 5.99. The Morgan fingerprint density at radius 3 is 2.68 bits per heavy atom. The lowest BCUT2D eigenvalue weighted by Gasteiger charge is -2.24. The number of nitrogens with one attached hydrogen (secondary N) is 1. The van der Waals surface area contributed by atoms with Crippen molar-refractivity contribution in [1.82, 2.24) is 5.32 Å². The van der Waals surface area contributed by atoms with Crippen molar-refractivity contribution in [3.8, 4) is 0 Å². The minimum Gasteiger partial charge on any atom is -0.469 e. The quantitative estimate of drug-likeness (QED) is 0.771. The third-order valence-electron chi connectivity index (χ3n) is 3.39. The van der Waals surface area contributed by atoms with Gasteiger partial charge in [0, 0.05) is 12.5 Å². The molecule has 0 saturated heterocycles. The lowest BCUT2D eigenvalue weighted by molar-refractivity contribution is -0.140. The number of likely N-dealkylation sites (N-methyl/N-ethyl adjacent to an activating group) is 1. The third kappa shape index (κ3) is 4.33. The summed E-state index contributed by atoms with van der Waals surface area (Å²) < 4.78 is 4.63. The van der Waals surface area contributed by atoms with Crippen molar-refractivity contribution in [2.45, 2.75) is 38.8 Å². The van der Waals surface area contributed by atoms with Gasteiger partial charge in [0.15, 0.2) is 0 Å². The second-order valence-electron chi connectivity index (χ2n) is 4.81. The van der Waals surface area contributed by atoms with E-state index in [-0.39, 0.29) is 12.0 Å². The average molecular weight is 265 g/mol. The summed E-state index contributed by atoms with van der Waals surface area (Å²) >= 11 is 0. The predicted molar refractivity (Wildman–Crippen MR) is 75.0 cm³/mol. The Morgan fingerprint density at radius 1 is 1.42 bits per heavy atom. The zero-order valence-electron chi connectivity index (χ0n) is 12.1. The summed E-state index contributed by atoms with van der Waals surface area (Å²) in [6.07, 6.45) is 0.205. The van der Waals surface area contributed by atoms with Crippen LogP contribution in [-0.4, -0.2) is 31.3 Å². The van der Waals surface area contributed by atoms with E-state index in [1.165, 1.54) is 7.11 Å². The summed E-state index contributed by atoms with van der Waals surface area (Å²) in [5.74, 6) is -0.256. The van der Waals surface area contributed by atoms with Crippen molar-refractivity contribution in [3.05, 3.63) is 34.9 Å². The molecule has 0 heterocycles. The molecule has 1 aromatic rings. The third-order valence-corrected chi connectivity index (χ3v) is 3.39. The van der Waals surface area contributed by atoms with Gasteiger partial charge in [0.1, 0.15) is 0 Å². The number of aryl methyl sites for hydroxylation is 2. The van der Waals surface area contributed by atoms with Crippen LogP contribution in [0.15, 0.2) is 18.2 Å². The molecule has 0 aliphatic heterocycles. The normalized spacial score (nSPS) is 13.9. The van der Waals surface area contributed by atoms with E-state index in [1.807, 2.05) is 32.0 Å². The number of ether oxygens (including phenoxy) is 1. The van der Waals surface area contributed by atoms with E-state index in [0.717, 1.165) is 16.7 Å². The van der Waals surface area contributed by atoms with Crippen molar-refractivity contribution < 1.29 is 14.6 Å². The number of methoxy groups -OCH3 is 1. The van der Waals surface area contributed by atoms with Gasteiger partial charge in [-0.2, -0.15) is 0 Å². The molecule has 1 aromatic carbocycles. The molecule has 0 aliphatic rings. The number of rotatable bonds is 6. The maximum Gasteiger partial charge on any atom is 0.305 e. The zero-order valence-corrected chi connectivity index (χ0v) is 12.1. The van der Waals surface area contributed by atoms with Crippen molar-refractivity contribution in [1.29, 1.82) is 0 Å². The topological polar surface area (TPSA) is 58.6 Å². The van der Waals surface area contributed by atoms with Gasteiger partial charge in [-0.15, -0.1) is 0 Å². The molecule has 0 amide bonds. The van der Waals surface area contributed by atoms with E-state index < -0.39 is 6.10 Å². The zero-order chi connectivity index (χ0) is 14.4. The number of carbonyl (C=O) groups excluding carboxylic acids is 1. The first-order valence-corrected chi connectivity index (χ1v) is 6.49. The minimum absolute atomic E-state index is 0.167. The van der Waals surface area contributed by atoms with Gasteiger partial charge in [0.2, 0.25) is 0 Å². The molecular formula is C15H23NO3. The van der Waals surface area contributed by atoms with Gasteiger partial charge in [0.25, 0.3) is 0 Å². The monoisotopic (exact) mass is 265 g/mol. The minimum atomic E-state index is -0.630. The SMILES string of the molecule is CNC(CCC(=O)OC)C(O)c1cc(C)ccc1C. The second-order valence-corrected chi connectivity index (χ2v) is 4.81. The van der Waals surface area contributed by atoms with Crippen LogP contribution in [0.2, 0.25) is 0 Å². The van der Waals surface area contributed by atoms with E-state index in [2.05, 4.69) is 10.1 Å². The van der Waals surface area contributed by atoms with E-state index in [4.69, 9.17) is 0 Å². The molecule has 0 fully saturated rings. The van der Waals surface area contributed by atoms with Crippen LogP contribution in [0.3, 0.4) is 0 Å². The molecule has 4 nitrogen and oxygen atoms in total. The number of aliphatic hydroxyl groups is 1. The van der Waals surface area contributed by atoms with Gasteiger partial charge in [-0.1, -0.05) is 23.8 Å². The lowest BCUT2D eigenvalue weighted by atomic mass is 9.94. The Balaban J connectivity index is 2.80. The summed E-state index contributed by atoms with van der Waals surface area (Å²) in [6.45, 7) is 3.98. The average Bonchev–Trinajstić information content (AvgIpc) is 2.41. The fourth-order valence-corrected chi connectivity index (χ4v) is 2.13. The summed E-state index contributed by atoms with van der Waals surface area (Å²) in [6, 6.07) is 5.84. The second kappa shape index (κ2) is 7.26. The molecule has 2 N–H and O–H groups in total. The summed E-state index contributed by atoms with van der Waals surface area (Å²) in [7, 11) is 3.16. The first-order valence-electron chi connectivity index (χ1n) is 6.49. The summed E-state index contributed by atoms with van der Waals surface area (Å²) in [5, 5.41) is 13.5. The van der Waals surface area contributed by atoms with E-state index in [0.29, 0.717) is 12.8 Å². The molecule has 0 saturated carbocycles. The molecule has 106 valence electrons. The van der Waals surface area contributed by atoms with Crippen LogP contribution in [0.1, 0.15) is 35.6 Å². The van der Waals surface area contributed by atoms with Crippen LogP contribution in [-0.2, 0) is 9.53 Å². The molecule has 0 radical (unpaired) electrons. The van der Waals surface area contributed by atoms with Crippen LogP contribution in [0.4, 0.5) is 0 Å².